The molecular formula is C20H17FN8. The molecule has 29 heavy (non-hydrogen) atoms. The highest BCUT2D eigenvalue weighted by Crippen LogP contribution is 2.32. The van der Waals surface area contributed by atoms with Crippen molar-refractivity contribution < 1.29 is 4.39 Å². The summed E-state index contributed by atoms with van der Waals surface area (Å²) in [7, 11) is 0. The van der Waals surface area contributed by atoms with E-state index in [2.05, 4.69) is 40.4 Å². The predicted octanol–water partition coefficient (Wildman–Crippen LogP) is 3.21. The first kappa shape index (κ1) is 17.4. The van der Waals surface area contributed by atoms with Crippen LogP contribution in [0.15, 0.2) is 43.0 Å². The number of rotatable bonds is 5. The van der Waals surface area contributed by atoms with Gasteiger partial charge in [-0.1, -0.05) is 6.92 Å². The predicted molar refractivity (Wildman–Crippen MR) is 107 cm³/mol. The van der Waals surface area contributed by atoms with Crippen LogP contribution >= 0.6 is 0 Å². The molecule has 0 saturated heterocycles. The summed E-state index contributed by atoms with van der Waals surface area (Å²) in [4.78, 5) is 20.4. The molecule has 0 atom stereocenters. The zero-order valence-electron chi connectivity index (χ0n) is 15.6. The van der Waals surface area contributed by atoms with Crippen LogP contribution in [0.3, 0.4) is 0 Å². The molecular weight excluding hydrogens is 371 g/mol. The summed E-state index contributed by atoms with van der Waals surface area (Å²) < 4.78 is 15.6. The van der Waals surface area contributed by atoms with Gasteiger partial charge in [-0.15, -0.1) is 0 Å². The van der Waals surface area contributed by atoms with E-state index in [-0.39, 0.29) is 11.0 Å². The van der Waals surface area contributed by atoms with Gasteiger partial charge in [-0.3, -0.25) is 10.1 Å². The van der Waals surface area contributed by atoms with Crippen molar-refractivity contribution in [1.29, 1.82) is 0 Å². The molecule has 0 saturated carbocycles. The van der Waals surface area contributed by atoms with Gasteiger partial charge in [-0.25, -0.2) is 19.3 Å². The van der Waals surface area contributed by atoms with Crippen molar-refractivity contribution in [2.24, 2.45) is 0 Å². The first-order valence-electron chi connectivity index (χ1n) is 9.23. The van der Waals surface area contributed by atoms with Gasteiger partial charge in [0.1, 0.15) is 11.5 Å². The quantitative estimate of drug-likeness (QED) is 0.427. The van der Waals surface area contributed by atoms with Crippen LogP contribution < -0.4 is 5.32 Å². The molecule has 3 N–H and O–H groups in total. The lowest BCUT2D eigenvalue weighted by molar-refractivity contribution is 0.642. The molecule has 0 amide bonds. The van der Waals surface area contributed by atoms with E-state index in [1.807, 2.05) is 25.1 Å². The number of hydrogen-bond donors (Lipinski definition) is 3. The van der Waals surface area contributed by atoms with E-state index in [1.54, 1.807) is 18.6 Å². The SMILES string of the molecule is CCNCc1cncc(-c2cnc3n[nH]c(-c4nc5ncccc5[nH]4)c3c2F)c1. The third-order valence-corrected chi connectivity index (χ3v) is 4.70. The van der Waals surface area contributed by atoms with E-state index in [9.17, 15) is 0 Å². The van der Waals surface area contributed by atoms with Crippen LogP contribution in [0.1, 0.15) is 12.5 Å². The van der Waals surface area contributed by atoms with Crippen LogP contribution in [-0.2, 0) is 6.54 Å². The summed E-state index contributed by atoms with van der Waals surface area (Å²) in [5.74, 6) is 0.0348. The van der Waals surface area contributed by atoms with Crippen molar-refractivity contribution in [1.82, 2.24) is 40.4 Å². The Morgan fingerprint density at radius 2 is 2.07 bits per heavy atom. The number of halogens is 1. The summed E-state index contributed by atoms with van der Waals surface area (Å²) in [6.07, 6.45) is 6.54. The number of fused-ring (bicyclic) bond motifs is 2. The first-order chi connectivity index (χ1) is 14.2. The Morgan fingerprint density at radius 3 is 2.93 bits per heavy atom. The number of nitrogens with one attached hydrogen (secondary N) is 3. The molecule has 144 valence electrons. The molecule has 0 unspecified atom stereocenters. The summed E-state index contributed by atoms with van der Waals surface area (Å²) in [5, 5.41) is 10.5. The van der Waals surface area contributed by atoms with Crippen molar-refractivity contribution in [3.8, 4) is 22.6 Å². The summed E-state index contributed by atoms with van der Waals surface area (Å²) in [6.45, 7) is 3.54. The Balaban J connectivity index is 1.64. The van der Waals surface area contributed by atoms with Crippen LogP contribution in [0.25, 0.3) is 44.8 Å². The normalized spacial score (nSPS) is 11.5. The number of hydrogen-bond acceptors (Lipinski definition) is 6. The third kappa shape index (κ3) is 3.01. The fourth-order valence-electron chi connectivity index (χ4n) is 3.29. The Kier molecular flexibility index (Phi) is 4.21. The van der Waals surface area contributed by atoms with Crippen LogP contribution in [0, 0.1) is 5.82 Å². The summed E-state index contributed by atoms with van der Waals surface area (Å²) >= 11 is 0. The molecule has 0 fully saturated rings. The second-order valence-corrected chi connectivity index (χ2v) is 6.61. The van der Waals surface area contributed by atoms with Gasteiger partial charge in [0, 0.05) is 42.5 Å². The Morgan fingerprint density at radius 1 is 1.14 bits per heavy atom. The minimum atomic E-state index is -0.422. The van der Waals surface area contributed by atoms with E-state index in [4.69, 9.17) is 0 Å². The van der Waals surface area contributed by atoms with Gasteiger partial charge in [-0.2, -0.15) is 5.10 Å². The van der Waals surface area contributed by atoms with Gasteiger partial charge in [0.15, 0.2) is 17.1 Å². The summed E-state index contributed by atoms with van der Waals surface area (Å²) in [6, 6.07) is 5.58. The molecule has 8 nitrogen and oxygen atoms in total. The number of nitrogens with zero attached hydrogens (tertiary/aromatic N) is 5. The highest BCUT2D eigenvalue weighted by Gasteiger charge is 2.20. The zero-order valence-corrected chi connectivity index (χ0v) is 15.6. The van der Waals surface area contributed by atoms with Gasteiger partial charge in [0.2, 0.25) is 0 Å². The largest absolute Gasteiger partial charge is 0.335 e. The topological polar surface area (TPSA) is 108 Å². The van der Waals surface area contributed by atoms with Crippen molar-refractivity contribution in [2.75, 3.05) is 6.54 Å². The van der Waals surface area contributed by atoms with E-state index in [0.29, 0.717) is 34.8 Å². The lowest BCUT2D eigenvalue weighted by Gasteiger charge is -2.07. The monoisotopic (exact) mass is 388 g/mol. The Bertz CT molecular complexity index is 1290. The molecule has 0 aliphatic rings. The standard InChI is InChI=1S/C20H17FN8/c1-2-22-7-11-6-12(9-23-8-11)13-10-25-19-15(16(13)21)17(28-29-19)20-26-14-4-3-5-24-18(14)27-20/h3-6,8-10,22H,2,7H2,1H3,(H,24,26,27)(H,25,28,29). The van der Waals surface area contributed by atoms with Crippen LogP contribution in [-0.4, -0.2) is 41.7 Å². The van der Waals surface area contributed by atoms with E-state index < -0.39 is 5.82 Å². The molecule has 5 rings (SSSR count). The minimum Gasteiger partial charge on any atom is -0.335 e. The molecule has 5 heterocycles. The van der Waals surface area contributed by atoms with Crippen LogP contribution in [0.5, 0.6) is 0 Å². The van der Waals surface area contributed by atoms with Crippen LogP contribution in [0.4, 0.5) is 4.39 Å². The minimum absolute atomic E-state index is 0.277. The average Bonchev–Trinajstić information content (AvgIpc) is 3.37. The van der Waals surface area contributed by atoms with E-state index >= 15 is 4.39 Å². The number of aromatic amines is 2. The first-order valence-corrected chi connectivity index (χ1v) is 9.23. The molecule has 5 aromatic rings. The zero-order chi connectivity index (χ0) is 19.8. The Hall–Kier alpha value is -3.72. The maximum atomic E-state index is 15.6. The molecule has 0 aliphatic carbocycles. The fourth-order valence-corrected chi connectivity index (χ4v) is 3.29. The van der Waals surface area contributed by atoms with Crippen molar-refractivity contribution >= 4 is 22.2 Å². The summed E-state index contributed by atoms with van der Waals surface area (Å²) in [5.41, 5.74) is 4.02. The maximum Gasteiger partial charge on any atom is 0.184 e. The van der Waals surface area contributed by atoms with Gasteiger partial charge in [0.25, 0.3) is 0 Å². The molecule has 0 bridgehead atoms. The van der Waals surface area contributed by atoms with Gasteiger partial charge in [-0.05, 0) is 30.3 Å². The van der Waals surface area contributed by atoms with Gasteiger partial charge < -0.3 is 10.3 Å². The molecule has 5 aromatic heterocycles. The Labute approximate surface area is 164 Å². The second-order valence-electron chi connectivity index (χ2n) is 6.61. The average molecular weight is 388 g/mol. The van der Waals surface area contributed by atoms with Crippen molar-refractivity contribution in [3.05, 3.63) is 54.4 Å². The fraction of sp³-hybridized carbons (Fsp3) is 0.150. The maximum absolute atomic E-state index is 15.6. The van der Waals surface area contributed by atoms with E-state index in [0.717, 1.165) is 17.6 Å². The highest BCUT2D eigenvalue weighted by molar-refractivity contribution is 5.93. The molecule has 0 spiro atoms. The van der Waals surface area contributed by atoms with Crippen LogP contribution in [0.2, 0.25) is 0 Å². The lowest BCUT2D eigenvalue weighted by atomic mass is 10.1. The number of aromatic nitrogens is 7. The highest BCUT2D eigenvalue weighted by atomic mass is 19.1. The number of pyridine rings is 3. The van der Waals surface area contributed by atoms with Gasteiger partial charge in [0.05, 0.1) is 10.9 Å². The lowest BCUT2D eigenvalue weighted by Crippen LogP contribution is -2.11. The molecule has 0 aromatic carbocycles. The van der Waals surface area contributed by atoms with Gasteiger partial charge >= 0.3 is 0 Å². The molecule has 0 radical (unpaired) electrons. The number of H-pyrrole nitrogens is 2. The molecule has 0 aliphatic heterocycles. The third-order valence-electron chi connectivity index (χ3n) is 4.70. The van der Waals surface area contributed by atoms with E-state index in [1.165, 1.54) is 6.20 Å². The number of imidazole rings is 1. The van der Waals surface area contributed by atoms with Crippen molar-refractivity contribution in [2.45, 2.75) is 13.5 Å². The smallest absolute Gasteiger partial charge is 0.184 e. The molecule has 9 heteroatoms. The second kappa shape index (κ2) is 7.02. The van der Waals surface area contributed by atoms with Crippen molar-refractivity contribution in [3.63, 3.8) is 0 Å².